The molecular formula is C19H20O4. The molecule has 0 aliphatic heterocycles. The zero-order valence-corrected chi connectivity index (χ0v) is 13.3. The Morgan fingerprint density at radius 1 is 1.17 bits per heavy atom. The van der Waals surface area contributed by atoms with Crippen LogP contribution >= 0.6 is 0 Å². The van der Waals surface area contributed by atoms with E-state index in [9.17, 15) is 4.79 Å². The molecule has 0 radical (unpaired) electrons. The number of benzene rings is 2. The van der Waals surface area contributed by atoms with Gasteiger partial charge in [-0.2, -0.15) is 0 Å². The van der Waals surface area contributed by atoms with Gasteiger partial charge in [-0.25, -0.2) is 4.79 Å². The summed E-state index contributed by atoms with van der Waals surface area (Å²) in [5.74, 6) is 0.262. The monoisotopic (exact) mass is 312 g/mol. The maximum absolute atomic E-state index is 10.7. The fraction of sp³-hybridized carbons (Fsp3) is 0.211. The van der Waals surface area contributed by atoms with Gasteiger partial charge in [-0.3, -0.25) is 0 Å². The van der Waals surface area contributed by atoms with Gasteiger partial charge in [0.25, 0.3) is 0 Å². The SMILES string of the molecule is CCc1cc(OC)c(OCc2ccccc2)cc1C=CC(=O)O. The predicted octanol–water partition coefficient (Wildman–Crippen LogP) is 3.93. The number of methoxy groups -OCH3 is 1. The molecule has 0 heterocycles. The molecule has 0 bridgehead atoms. The van der Waals surface area contributed by atoms with Gasteiger partial charge in [0.1, 0.15) is 6.61 Å². The summed E-state index contributed by atoms with van der Waals surface area (Å²) in [4.78, 5) is 10.7. The Bertz CT molecular complexity index is 690. The minimum atomic E-state index is -0.977. The number of ether oxygens (including phenoxy) is 2. The first-order chi connectivity index (χ1) is 11.1. The molecular weight excluding hydrogens is 292 g/mol. The molecule has 0 fully saturated rings. The lowest BCUT2D eigenvalue weighted by molar-refractivity contribution is -0.131. The normalized spacial score (nSPS) is 10.7. The highest BCUT2D eigenvalue weighted by atomic mass is 16.5. The van der Waals surface area contributed by atoms with E-state index in [0.29, 0.717) is 18.1 Å². The molecule has 0 unspecified atom stereocenters. The fourth-order valence-corrected chi connectivity index (χ4v) is 2.25. The third-order valence-corrected chi connectivity index (χ3v) is 3.45. The van der Waals surface area contributed by atoms with Crippen molar-refractivity contribution in [1.82, 2.24) is 0 Å². The number of rotatable bonds is 7. The topological polar surface area (TPSA) is 55.8 Å². The Balaban J connectivity index is 2.29. The zero-order valence-electron chi connectivity index (χ0n) is 13.3. The van der Waals surface area contributed by atoms with Crippen molar-refractivity contribution in [3.8, 4) is 11.5 Å². The predicted molar refractivity (Wildman–Crippen MR) is 89.8 cm³/mol. The summed E-state index contributed by atoms with van der Waals surface area (Å²) in [7, 11) is 1.59. The molecule has 4 heteroatoms. The van der Waals surface area contributed by atoms with Crippen LogP contribution in [0.1, 0.15) is 23.6 Å². The van der Waals surface area contributed by atoms with Gasteiger partial charge < -0.3 is 14.6 Å². The van der Waals surface area contributed by atoms with Crippen LogP contribution in [0.25, 0.3) is 6.08 Å². The van der Waals surface area contributed by atoms with E-state index in [1.54, 1.807) is 13.2 Å². The summed E-state index contributed by atoms with van der Waals surface area (Å²) in [6.07, 6.45) is 3.48. The second-order valence-corrected chi connectivity index (χ2v) is 5.00. The number of hydrogen-bond acceptors (Lipinski definition) is 3. The average molecular weight is 312 g/mol. The maximum atomic E-state index is 10.7. The smallest absolute Gasteiger partial charge is 0.328 e. The van der Waals surface area contributed by atoms with Crippen LogP contribution < -0.4 is 9.47 Å². The fourth-order valence-electron chi connectivity index (χ4n) is 2.25. The molecule has 0 spiro atoms. The minimum Gasteiger partial charge on any atom is -0.493 e. The molecule has 1 N–H and O–H groups in total. The van der Waals surface area contributed by atoms with Gasteiger partial charge in [-0.05, 0) is 41.3 Å². The van der Waals surface area contributed by atoms with Crippen LogP contribution in [0.4, 0.5) is 0 Å². The van der Waals surface area contributed by atoms with E-state index < -0.39 is 5.97 Å². The maximum Gasteiger partial charge on any atom is 0.328 e. The Morgan fingerprint density at radius 2 is 1.91 bits per heavy atom. The summed E-state index contributed by atoms with van der Waals surface area (Å²) in [6.45, 7) is 2.43. The lowest BCUT2D eigenvalue weighted by atomic mass is 10.0. The van der Waals surface area contributed by atoms with E-state index in [2.05, 4.69) is 0 Å². The molecule has 0 atom stereocenters. The van der Waals surface area contributed by atoms with Crippen molar-refractivity contribution >= 4 is 12.0 Å². The van der Waals surface area contributed by atoms with E-state index in [-0.39, 0.29) is 0 Å². The molecule has 2 rings (SSSR count). The largest absolute Gasteiger partial charge is 0.493 e. The molecule has 23 heavy (non-hydrogen) atoms. The average Bonchev–Trinajstić information content (AvgIpc) is 2.58. The van der Waals surface area contributed by atoms with Gasteiger partial charge >= 0.3 is 5.97 Å². The zero-order chi connectivity index (χ0) is 16.7. The summed E-state index contributed by atoms with van der Waals surface area (Å²) in [5, 5.41) is 8.82. The number of carbonyl (C=O) groups is 1. The molecule has 0 amide bonds. The van der Waals surface area contributed by atoms with Crippen LogP contribution in [0.3, 0.4) is 0 Å². The summed E-state index contributed by atoms with van der Waals surface area (Å²) in [6, 6.07) is 13.5. The number of carboxylic acid groups (broad SMARTS) is 1. The van der Waals surface area contributed by atoms with Crippen molar-refractivity contribution in [3.63, 3.8) is 0 Å². The standard InChI is InChI=1S/C19H20O4/c1-3-15-11-17(22-2)18(12-16(15)9-10-19(20)21)23-13-14-7-5-4-6-8-14/h4-12H,3,13H2,1-2H3,(H,20,21). The van der Waals surface area contributed by atoms with Crippen LogP contribution in [0, 0.1) is 0 Å². The van der Waals surface area contributed by atoms with Crippen molar-refractivity contribution in [2.75, 3.05) is 7.11 Å². The van der Waals surface area contributed by atoms with Crippen molar-refractivity contribution in [2.45, 2.75) is 20.0 Å². The second kappa shape index (κ2) is 8.03. The highest BCUT2D eigenvalue weighted by molar-refractivity contribution is 5.85. The van der Waals surface area contributed by atoms with Gasteiger partial charge in [0.15, 0.2) is 11.5 Å². The number of hydrogen-bond donors (Lipinski definition) is 1. The van der Waals surface area contributed by atoms with Crippen LogP contribution in [-0.2, 0) is 17.8 Å². The van der Waals surface area contributed by atoms with Crippen LogP contribution in [-0.4, -0.2) is 18.2 Å². The Hall–Kier alpha value is -2.75. The van der Waals surface area contributed by atoms with Crippen molar-refractivity contribution < 1.29 is 19.4 Å². The van der Waals surface area contributed by atoms with Crippen molar-refractivity contribution in [1.29, 1.82) is 0 Å². The summed E-state index contributed by atoms with van der Waals surface area (Å²) in [5.41, 5.74) is 2.88. The minimum absolute atomic E-state index is 0.421. The molecule has 0 saturated carbocycles. The number of aliphatic carboxylic acids is 1. The molecule has 2 aromatic rings. The molecule has 2 aromatic carbocycles. The van der Waals surface area contributed by atoms with Crippen molar-refractivity contribution in [2.24, 2.45) is 0 Å². The van der Waals surface area contributed by atoms with Gasteiger partial charge in [-0.15, -0.1) is 0 Å². The van der Waals surface area contributed by atoms with Crippen LogP contribution in [0.5, 0.6) is 11.5 Å². The van der Waals surface area contributed by atoms with E-state index in [1.165, 1.54) is 0 Å². The first kappa shape index (κ1) is 16.6. The Kier molecular flexibility index (Phi) is 5.80. The van der Waals surface area contributed by atoms with Gasteiger partial charge in [0.2, 0.25) is 0 Å². The van der Waals surface area contributed by atoms with E-state index >= 15 is 0 Å². The second-order valence-electron chi connectivity index (χ2n) is 5.00. The van der Waals surface area contributed by atoms with Gasteiger partial charge in [0, 0.05) is 6.08 Å². The first-order valence-electron chi connectivity index (χ1n) is 7.42. The summed E-state index contributed by atoms with van der Waals surface area (Å²) < 4.78 is 11.2. The quantitative estimate of drug-likeness (QED) is 0.787. The lowest BCUT2D eigenvalue weighted by Crippen LogP contribution is -2.00. The lowest BCUT2D eigenvalue weighted by Gasteiger charge is -2.14. The van der Waals surface area contributed by atoms with E-state index in [0.717, 1.165) is 29.2 Å². The molecule has 0 aromatic heterocycles. The third-order valence-electron chi connectivity index (χ3n) is 3.45. The highest BCUT2D eigenvalue weighted by Crippen LogP contribution is 2.32. The van der Waals surface area contributed by atoms with E-state index in [4.69, 9.17) is 14.6 Å². The van der Waals surface area contributed by atoms with Crippen LogP contribution in [0.2, 0.25) is 0 Å². The Morgan fingerprint density at radius 3 is 2.52 bits per heavy atom. The van der Waals surface area contributed by atoms with Crippen molar-refractivity contribution in [3.05, 3.63) is 65.2 Å². The van der Waals surface area contributed by atoms with Crippen LogP contribution in [0.15, 0.2) is 48.5 Å². The highest BCUT2D eigenvalue weighted by Gasteiger charge is 2.10. The number of carboxylic acids is 1. The molecule has 4 nitrogen and oxygen atoms in total. The number of aryl methyl sites for hydroxylation is 1. The molecule has 0 aliphatic rings. The molecule has 120 valence electrons. The van der Waals surface area contributed by atoms with Gasteiger partial charge in [-0.1, -0.05) is 37.3 Å². The van der Waals surface area contributed by atoms with E-state index in [1.807, 2.05) is 49.4 Å². The third kappa shape index (κ3) is 4.61. The molecule has 0 aliphatic carbocycles. The first-order valence-corrected chi connectivity index (χ1v) is 7.42. The molecule has 0 saturated heterocycles. The van der Waals surface area contributed by atoms with Gasteiger partial charge in [0.05, 0.1) is 7.11 Å². The Labute approximate surface area is 136 Å². The summed E-state index contributed by atoms with van der Waals surface area (Å²) >= 11 is 0.